The predicted octanol–water partition coefficient (Wildman–Crippen LogP) is 6.45. The van der Waals surface area contributed by atoms with Crippen LogP contribution in [0.1, 0.15) is 10.6 Å². The van der Waals surface area contributed by atoms with E-state index in [2.05, 4.69) is 23.2 Å². The SMILES string of the molecule is N#C/C(=C\c1cccc([N+](=O)[O-])c1)c1nc(-c2ccc(-c3ccccc3)cc2)cs1. The standard InChI is InChI=1S/C24H15N3O2S/c25-15-21(13-17-5-4-8-22(14-17)27(28)29)24-26-23(16-30-24)20-11-9-19(10-12-20)18-6-2-1-3-7-18/h1-14,16H/b21-13+. The molecule has 0 N–H and O–H groups in total. The zero-order valence-electron chi connectivity index (χ0n) is 15.7. The quantitative estimate of drug-likeness (QED) is 0.215. The lowest BCUT2D eigenvalue weighted by atomic mass is 10.0. The number of hydrogen-bond donors (Lipinski definition) is 0. The number of nitro groups is 1. The Labute approximate surface area is 177 Å². The minimum atomic E-state index is -0.454. The van der Waals surface area contributed by atoms with E-state index in [4.69, 9.17) is 0 Å². The summed E-state index contributed by atoms with van der Waals surface area (Å²) in [5.74, 6) is 0. The maximum Gasteiger partial charge on any atom is 0.270 e. The minimum Gasteiger partial charge on any atom is -0.258 e. The van der Waals surface area contributed by atoms with Gasteiger partial charge in [0.15, 0.2) is 0 Å². The van der Waals surface area contributed by atoms with E-state index >= 15 is 0 Å². The number of nitriles is 1. The van der Waals surface area contributed by atoms with Crippen LogP contribution in [-0.2, 0) is 0 Å². The molecule has 0 aliphatic carbocycles. The van der Waals surface area contributed by atoms with Crippen LogP contribution in [0.3, 0.4) is 0 Å². The van der Waals surface area contributed by atoms with E-state index in [-0.39, 0.29) is 5.69 Å². The number of hydrogen-bond acceptors (Lipinski definition) is 5. The average Bonchev–Trinajstić information content (AvgIpc) is 3.28. The van der Waals surface area contributed by atoms with Gasteiger partial charge in [-0.1, -0.05) is 66.7 Å². The van der Waals surface area contributed by atoms with E-state index in [1.165, 1.54) is 23.5 Å². The number of nitro benzene ring substituents is 1. The van der Waals surface area contributed by atoms with Crippen LogP contribution in [0.25, 0.3) is 34.0 Å². The summed E-state index contributed by atoms with van der Waals surface area (Å²) in [6, 6.07) is 26.6. The van der Waals surface area contributed by atoms with Crippen LogP contribution in [0.5, 0.6) is 0 Å². The van der Waals surface area contributed by atoms with Crippen molar-refractivity contribution in [3.8, 4) is 28.5 Å². The van der Waals surface area contributed by atoms with Gasteiger partial charge in [-0.25, -0.2) is 4.98 Å². The molecule has 0 spiro atoms. The zero-order chi connectivity index (χ0) is 20.9. The Bertz CT molecular complexity index is 1270. The molecule has 3 aromatic carbocycles. The van der Waals surface area contributed by atoms with Crippen molar-refractivity contribution in [1.29, 1.82) is 5.26 Å². The van der Waals surface area contributed by atoms with Crippen LogP contribution in [0.4, 0.5) is 5.69 Å². The number of allylic oxidation sites excluding steroid dienone is 1. The molecule has 30 heavy (non-hydrogen) atoms. The summed E-state index contributed by atoms with van der Waals surface area (Å²) in [4.78, 5) is 15.1. The fourth-order valence-corrected chi connectivity index (χ4v) is 3.83. The number of thiazole rings is 1. The highest BCUT2D eigenvalue weighted by Gasteiger charge is 2.11. The third-order valence-electron chi connectivity index (χ3n) is 4.53. The van der Waals surface area contributed by atoms with Crippen molar-refractivity contribution in [1.82, 2.24) is 4.98 Å². The topological polar surface area (TPSA) is 79.8 Å². The van der Waals surface area contributed by atoms with Gasteiger partial charge >= 0.3 is 0 Å². The third kappa shape index (κ3) is 4.17. The van der Waals surface area contributed by atoms with Gasteiger partial charge < -0.3 is 0 Å². The van der Waals surface area contributed by atoms with Gasteiger partial charge in [0, 0.05) is 23.1 Å². The first-order valence-electron chi connectivity index (χ1n) is 9.12. The van der Waals surface area contributed by atoms with Crippen LogP contribution in [0, 0.1) is 21.4 Å². The first kappa shape index (κ1) is 19.2. The Balaban J connectivity index is 1.60. The molecule has 0 amide bonds. The molecule has 0 radical (unpaired) electrons. The van der Waals surface area contributed by atoms with Gasteiger partial charge in [0.2, 0.25) is 0 Å². The van der Waals surface area contributed by atoms with Crippen molar-refractivity contribution in [2.45, 2.75) is 0 Å². The molecule has 4 rings (SSSR count). The summed E-state index contributed by atoms with van der Waals surface area (Å²) in [6.07, 6.45) is 1.62. The van der Waals surface area contributed by atoms with E-state index in [1.807, 2.05) is 47.8 Å². The molecule has 0 fully saturated rings. The van der Waals surface area contributed by atoms with Gasteiger partial charge in [-0.2, -0.15) is 5.26 Å². The highest BCUT2D eigenvalue weighted by molar-refractivity contribution is 7.11. The van der Waals surface area contributed by atoms with E-state index in [1.54, 1.807) is 18.2 Å². The largest absolute Gasteiger partial charge is 0.270 e. The molecule has 0 aliphatic heterocycles. The predicted molar refractivity (Wildman–Crippen MR) is 120 cm³/mol. The number of rotatable bonds is 5. The highest BCUT2D eigenvalue weighted by atomic mass is 32.1. The zero-order valence-corrected chi connectivity index (χ0v) is 16.5. The fraction of sp³-hybridized carbons (Fsp3) is 0. The second-order valence-electron chi connectivity index (χ2n) is 6.50. The Morgan fingerprint density at radius 1 is 0.967 bits per heavy atom. The third-order valence-corrected chi connectivity index (χ3v) is 5.41. The molecule has 4 aromatic rings. The van der Waals surface area contributed by atoms with Crippen molar-refractivity contribution < 1.29 is 4.92 Å². The lowest BCUT2D eigenvalue weighted by Gasteiger charge is -2.02. The molecular weight excluding hydrogens is 394 g/mol. The second-order valence-corrected chi connectivity index (χ2v) is 7.36. The lowest BCUT2D eigenvalue weighted by Crippen LogP contribution is -1.88. The second kappa shape index (κ2) is 8.52. The van der Waals surface area contributed by atoms with Crippen LogP contribution in [0.15, 0.2) is 84.2 Å². The summed E-state index contributed by atoms with van der Waals surface area (Å²) in [5.41, 5.74) is 4.96. The Kier molecular flexibility index (Phi) is 5.46. The van der Waals surface area contributed by atoms with Gasteiger partial charge in [0.25, 0.3) is 5.69 Å². The van der Waals surface area contributed by atoms with E-state index in [0.717, 1.165) is 22.4 Å². The Morgan fingerprint density at radius 2 is 1.67 bits per heavy atom. The molecule has 0 bridgehead atoms. The van der Waals surface area contributed by atoms with Gasteiger partial charge in [0.1, 0.15) is 11.1 Å². The van der Waals surface area contributed by atoms with Gasteiger partial charge in [-0.15, -0.1) is 11.3 Å². The number of aromatic nitrogens is 1. The smallest absolute Gasteiger partial charge is 0.258 e. The summed E-state index contributed by atoms with van der Waals surface area (Å²) < 4.78 is 0. The normalized spacial score (nSPS) is 11.1. The minimum absolute atomic E-state index is 0.0145. The van der Waals surface area contributed by atoms with Crippen molar-refractivity contribution in [2.75, 3.05) is 0 Å². The summed E-state index contributed by atoms with van der Waals surface area (Å²) in [5, 5.41) is 23.0. The summed E-state index contributed by atoms with van der Waals surface area (Å²) in [7, 11) is 0. The molecule has 0 unspecified atom stereocenters. The fourth-order valence-electron chi connectivity index (χ4n) is 3.03. The summed E-state index contributed by atoms with van der Waals surface area (Å²) in [6.45, 7) is 0. The molecule has 1 aromatic heterocycles. The molecule has 0 aliphatic rings. The maximum absolute atomic E-state index is 11.0. The van der Waals surface area contributed by atoms with Gasteiger partial charge in [0.05, 0.1) is 16.2 Å². The molecule has 0 atom stereocenters. The Hall–Kier alpha value is -4.08. The first-order valence-corrected chi connectivity index (χ1v) is 10.00. The number of non-ortho nitro benzene ring substituents is 1. The van der Waals surface area contributed by atoms with Crippen molar-refractivity contribution in [3.05, 3.63) is 105 Å². The lowest BCUT2D eigenvalue weighted by molar-refractivity contribution is -0.384. The average molecular weight is 409 g/mol. The van der Waals surface area contributed by atoms with Crippen molar-refractivity contribution >= 4 is 28.7 Å². The molecule has 0 saturated heterocycles. The highest BCUT2D eigenvalue weighted by Crippen LogP contribution is 2.29. The Morgan fingerprint density at radius 3 is 2.37 bits per heavy atom. The molecule has 144 valence electrons. The maximum atomic E-state index is 11.0. The first-order chi connectivity index (χ1) is 14.6. The monoisotopic (exact) mass is 409 g/mol. The summed E-state index contributed by atoms with van der Waals surface area (Å²) >= 11 is 1.37. The van der Waals surface area contributed by atoms with Gasteiger partial charge in [-0.3, -0.25) is 10.1 Å². The molecule has 5 nitrogen and oxygen atoms in total. The van der Waals surface area contributed by atoms with Crippen LogP contribution >= 0.6 is 11.3 Å². The van der Waals surface area contributed by atoms with Crippen molar-refractivity contribution in [2.24, 2.45) is 0 Å². The molecular formula is C24H15N3O2S. The van der Waals surface area contributed by atoms with Crippen LogP contribution in [0.2, 0.25) is 0 Å². The molecule has 6 heteroatoms. The number of nitrogens with zero attached hydrogens (tertiary/aromatic N) is 3. The van der Waals surface area contributed by atoms with Gasteiger partial charge in [-0.05, 0) is 22.8 Å². The van der Waals surface area contributed by atoms with Crippen LogP contribution < -0.4 is 0 Å². The van der Waals surface area contributed by atoms with Crippen LogP contribution in [-0.4, -0.2) is 9.91 Å². The molecule has 1 heterocycles. The van der Waals surface area contributed by atoms with E-state index < -0.39 is 4.92 Å². The number of benzene rings is 3. The van der Waals surface area contributed by atoms with E-state index in [9.17, 15) is 15.4 Å². The molecule has 0 saturated carbocycles. The van der Waals surface area contributed by atoms with E-state index in [0.29, 0.717) is 16.1 Å². The van der Waals surface area contributed by atoms with Crippen molar-refractivity contribution in [3.63, 3.8) is 0 Å².